The van der Waals surface area contributed by atoms with Gasteiger partial charge in [-0.3, -0.25) is 9.78 Å². The number of carbonyl (C=O) groups is 1. The van der Waals surface area contributed by atoms with Crippen LogP contribution in [-0.2, 0) is 0 Å². The highest BCUT2D eigenvalue weighted by molar-refractivity contribution is 6.04. The molecule has 2 N–H and O–H groups in total. The van der Waals surface area contributed by atoms with E-state index in [1.807, 2.05) is 42.6 Å². The van der Waals surface area contributed by atoms with E-state index in [1.54, 1.807) is 18.5 Å². The fourth-order valence-corrected chi connectivity index (χ4v) is 4.19. The van der Waals surface area contributed by atoms with E-state index in [4.69, 9.17) is 0 Å². The van der Waals surface area contributed by atoms with Gasteiger partial charge in [0.2, 0.25) is 0 Å². The topological polar surface area (TPSA) is 116 Å². The molecule has 35 heavy (non-hydrogen) atoms. The van der Waals surface area contributed by atoms with Crippen LogP contribution in [0.2, 0.25) is 0 Å². The number of nitrogens with zero attached hydrogens (tertiary/aromatic N) is 7. The van der Waals surface area contributed by atoms with Gasteiger partial charge >= 0.3 is 0 Å². The average Bonchev–Trinajstić information content (AvgIpc) is 3.37. The zero-order valence-corrected chi connectivity index (χ0v) is 19.1. The number of amides is 1. The number of H-pyrrole nitrogens is 1. The van der Waals surface area contributed by atoms with E-state index in [2.05, 4.69) is 52.3 Å². The van der Waals surface area contributed by atoms with E-state index >= 15 is 0 Å². The summed E-state index contributed by atoms with van der Waals surface area (Å²) in [6.07, 6.45) is 5.23. The second kappa shape index (κ2) is 8.73. The Morgan fingerprint density at radius 2 is 1.86 bits per heavy atom. The molecule has 0 unspecified atom stereocenters. The standard InChI is InChI=1S/C25H23N9O/c1-33-8-10-34(11-9-33)23-14-17(4-6-26-23)25(35)30-22-13-18-12-16(2-3-19(18)31-32-22)21-15-28-20-5-7-27-24(20)29-21/h2-7,12-15H,8-11H2,1H3,(H,27,29)(H,30,32,35). The van der Waals surface area contributed by atoms with E-state index in [-0.39, 0.29) is 5.91 Å². The molecule has 1 saturated heterocycles. The molecule has 10 heteroatoms. The summed E-state index contributed by atoms with van der Waals surface area (Å²) in [4.78, 5) is 34.1. The van der Waals surface area contributed by atoms with Crippen molar-refractivity contribution in [1.82, 2.24) is 35.0 Å². The lowest BCUT2D eigenvalue weighted by Crippen LogP contribution is -2.44. The molecule has 4 aromatic heterocycles. The summed E-state index contributed by atoms with van der Waals surface area (Å²) in [7, 11) is 2.11. The summed E-state index contributed by atoms with van der Waals surface area (Å²) in [5, 5.41) is 12.2. The number of aromatic amines is 1. The van der Waals surface area contributed by atoms with E-state index in [9.17, 15) is 4.79 Å². The third-order valence-corrected chi connectivity index (χ3v) is 6.22. The number of likely N-dealkylation sites (N-methyl/N-ethyl adjacent to an activating group) is 1. The second-order valence-electron chi connectivity index (χ2n) is 8.62. The van der Waals surface area contributed by atoms with Crippen molar-refractivity contribution in [3.63, 3.8) is 0 Å². The molecule has 1 aromatic carbocycles. The SMILES string of the molecule is CN1CCN(c2cc(C(=O)Nc3cc4cc(-c5cnc6cc[nH]c6n5)ccc4nn3)ccn2)CC1. The van der Waals surface area contributed by atoms with Crippen LogP contribution in [0.4, 0.5) is 11.6 Å². The predicted molar refractivity (Wildman–Crippen MR) is 134 cm³/mol. The Labute approximate surface area is 201 Å². The minimum atomic E-state index is -0.254. The van der Waals surface area contributed by atoms with Gasteiger partial charge in [-0.05, 0) is 43.4 Å². The van der Waals surface area contributed by atoms with Crippen LogP contribution in [0.3, 0.4) is 0 Å². The normalized spacial score (nSPS) is 14.5. The van der Waals surface area contributed by atoms with Gasteiger partial charge in [0.15, 0.2) is 11.5 Å². The fraction of sp³-hybridized carbons (Fsp3) is 0.200. The van der Waals surface area contributed by atoms with E-state index in [1.165, 1.54) is 0 Å². The molecular formula is C25H23N9O. The van der Waals surface area contributed by atoms with Gasteiger partial charge in [-0.2, -0.15) is 0 Å². The number of fused-ring (bicyclic) bond motifs is 2. The largest absolute Gasteiger partial charge is 0.354 e. The van der Waals surface area contributed by atoms with Crippen molar-refractivity contribution in [1.29, 1.82) is 0 Å². The molecule has 1 fully saturated rings. The molecule has 0 saturated carbocycles. The average molecular weight is 466 g/mol. The first-order chi connectivity index (χ1) is 17.1. The lowest BCUT2D eigenvalue weighted by molar-refractivity contribution is 0.102. The van der Waals surface area contributed by atoms with Gasteiger partial charge < -0.3 is 20.1 Å². The number of pyridine rings is 1. The first-order valence-corrected chi connectivity index (χ1v) is 11.4. The van der Waals surface area contributed by atoms with Crippen molar-refractivity contribution >= 4 is 39.6 Å². The molecule has 0 radical (unpaired) electrons. The van der Waals surface area contributed by atoms with Crippen molar-refractivity contribution in [3.8, 4) is 11.3 Å². The van der Waals surface area contributed by atoms with Crippen LogP contribution < -0.4 is 10.2 Å². The Balaban J connectivity index is 1.24. The maximum atomic E-state index is 13.0. The lowest BCUT2D eigenvalue weighted by Gasteiger charge is -2.33. The molecule has 0 spiro atoms. The van der Waals surface area contributed by atoms with E-state index < -0.39 is 0 Å². The van der Waals surface area contributed by atoms with Crippen molar-refractivity contribution in [3.05, 3.63) is 66.6 Å². The van der Waals surface area contributed by atoms with Crippen LogP contribution in [0, 0.1) is 0 Å². The number of anilines is 2. The predicted octanol–water partition coefficient (Wildman–Crippen LogP) is 2.97. The number of rotatable bonds is 4. The third kappa shape index (κ3) is 4.26. The number of piperazine rings is 1. The molecule has 10 nitrogen and oxygen atoms in total. The smallest absolute Gasteiger partial charge is 0.257 e. The quantitative estimate of drug-likeness (QED) is 0.416. The van der Waals surface area contributed by atoms with Gasteiger partial charge in [0.1, 0.15) is 11.3 Å². The van der Waals surface area contributed by atoms with Gasteiger partial charge in [0.05, 0.1) is 17.4 Å². The van der Waals surface area contributed by atoms with Crippen molar-refractivity contribution in [2.24, 2.45) is 0 Å². The lowest BCUT2D eigenvalue weighted by atomic mass is 10.1. The molecule has 1 amide bonds. The summed E-state index contributed by atoms with van der Waals surface area (Å²) in [5.41, 5.74) is 4.45. The maximum Gasteiger partial charge on any atom is 0.257 e. The minimum absolute atomic E-state index is 0.254. The summed E-state index contributed by atoms with van der Waals surface area (Å²) >= 11 is 0. The molecule has 5 heterocycles. The fourth-order valence-electron chi connectivity index (χ4n) is 4.19. The third-order valence-electron chi connectivity index (χ3n) is 6.22. The molecule has 1 aliphatic heterocycles. The number of hydrogen-bond acceptors (Lipinski definition) is 8. The summed E-state index contributed by atoms with van der Waals surface area (Å²) < 4.78 is 0. The van der Waals surface area contributed by atoms with Crippen LogP contribution in [0.15, 0.2) is 61.1 Å². The highest BCUT2D eigenvalue weighted by Gasteiger charge is 2.17. The first-order valence-electron chi connectivity index (χ1n) is 11.4. The molecule has 0 bridgehead atoms. The molecule has 174 valence electrons. The highest BCUT2D eigenvalue weighted by atomic mass is 16.1. The molecule has 1 aliphatic rings. The molecule has 5 aromatic rings. The Kier molecular flexibility index (Phi) is 5.27. The number of nitrogens with one attached hydrogen (secondary N) is 2. The zero-order chi connectivity index (χ0) is 23.8. The zero-order valence-electron chi connectivity index (χ0n) is 19.1. The summed E-state index contributed by atoms with van der Waals surface area (Å²) in [6.45, 7) is 3.71. The van der Waals surface area contributed by atoms with Crippen molar-refractivity contribution in [2.75, 3.05) is 43.4 Å². The Morgan fingerprint density at radius 3 is 2.74 bits per heavy atom. The van der Waals surface area contributed by atoms with Crippen molar-refractivity contribution < 1.29 is 4.79 Å². The van der Waals surface area contributed by atoms with Crippen LogP contribution >= 0.6 is 0 Å². The number of carbonyl (C=O) groups excluding carboxylic acids is 1. The van der Waals surface area contributed by atoms with Gasteiger partial charge in [0.25, 0.3) is 5.91 Å². The Morgan fingerprint density at radius 1 is 0.971 bits per heavy atom. The Hall–Kier alpha value is -4.44. The Bertz CT molecular complexity index is 1540. The van der Waals surface area contributed by atoms with Crippen LogP contribution in [0.1, 0.15) is 10.4 Å². The summed E-state index contributed by atoms with van der Waals surface area (Å²) in [5.74, 6) is 0.930. The number of aromatic nitrogens is 6. The van der Waals surface area contributed by atoms with Crippen LogP contribution in [0.5, 0.6) is 0 Å². The van der Waals surface area contributed by atoms with Crippen molar-refractivity contribution in [2.45, 2.75) is 0 Å². The van der Waals surface area contributed by atoms with Gasteiger partial charge in [-0.15, -0.1) is 10.2 Å². The minimum Gasteiger partial charge on any atom is -0.354 e. The molecule has 0 atom stereocenters. The van der Waals surface area contributed by atoms with Crippen LogP contribution in [0.25, 0.3) is 33.3 Å². The van der Waals surface area contributed by atoms with E-state index in [0.717, 1.165) is 65.3 Å². The highest BCUT2D eigenvalue weighted by Crippen LogP contribution is 2.24. The van der Waals surface area contributed by atoms with Crippen LogP contribution in [-0.4, -0.2) is 74.2 Å². The van der Waals surface area contributed by atoms with Gasteiger partial charge in [0, 0.05) is 55.1 Å². The van der Waals surface area contributed by atoms with Gasteiger partial charge in [-0.25, -0.2) is 9.97 Å². The number of hydrogen-bond donors (Lipinski definition) is 2. The maximum absolute atomic E-state index is 13.0. The van der Waals surface area contributed by atoms with E-state index in [0.29, 0.717) is 11.4 Å². The molecule has 6 rings (SSSR count). The first kappa shape index (κ1) is 21.1. The second-order valence-corrected chi connectivity index (χ2v) is 8.62. The molecular weight excluding hydrogens is 442 g/mol. The summed E-state index contributed by atoms with van der Waals surface area (Å²) in [6, 6.07) is 13.0. The number of benzene rings is 1. The monoisotopic (exact) mass is 465 g/mol. The van der Waals surface area contributed by atoms with Gasteiger partial charge in [-0.1, -0.05) is 6.07 Å². The molecule has 0 aliphatic carbocycles.